The molecule has 0 unspecified atom stereocenters. The lowest BCUT2D eigenvalue weighted by molar-refractivity contribution is -0.0964. The number of rotatable bonds is 6. The Bertz CT molecular complexity index is 966. The molecular formula is C18H14ClF2N5O2. The van der Waals surface area contributed by atoms with E-state index in [1.807, 2.05) is 0 Å². The number of carbonyl (C=O) groups is 1. The summed E-state index contributed by atoms with van der Waals surface area (Å²) in [6.07, 6.45) is 4.59. The third kappa shape index (κ3) is 4.90. The minimum atomic E-state index is -3.81. The first-order chi connectivity index (χ1) is 13.4. The molecule has 0 fully saturated rings. The van der Waals surface area contributed by atoms with E-state index in [9.17, 15) is 13.6 Å². The molecule has 144 valence electrons. The topological polar surface area (TPSA) is 102 Å². The summed E-state index contributed by atoms with van der Waals surface area (Å²) in [5.74, 6) is 5.28. The van der Waals surface area contributed by atoms with E-state index < -0.39 is 11.5 Å². The number of halogens is 3. The number of alkyl halides is 3. The number of amides is 1. The molecule has 0 spiro atoms. The number of pyridine rings is 2. The summed E-state index contributed by atoms with van der Waals surface area (Å²) in [7, 11) is 0. The van der Waals surface area contributed by atoms with Gasteiger partial charge in [0, 0.05) is 47.0 Å². The maximum absolute atomic E-state index is 12.6. The van der Waals surface area contributed by atoms with Crippen molar-refractivity contribution in [1.82, 2.24) is 9.97 Å². The zero-order valence-electron chi connectivity index (χ0n) is 14.2. The van der Waals surface area contributed by atoms with E-state index in [2.05, 4.69) is 25.4 Å². The molecule has 0 aliphatic rings. The number of nitrogen functional groups attached to an aromatic ring is 1. The number of anilines is 2. The van der Waals surface area contributed by atoms with Crippen molar-refractivity contribution < 1.29 is 18.3 Å². The fourth-order valence-corrected chi connectivity index (χ4v) is 2.48. The number of nitrogens with two attached hydrogens (primary N) is 1. The molecule has 1 amide bonds. The Hall–Kier alpha value is -3.30. The first kappa shape index (κ1) is 19.5. The van der Waals surface area contributed by atoms with Gasteiger partial charge < -0.3 is 15.5 Å². The smallest absolute Gasteiger partial charge is 0.420 e. The van der Waals surface area contributed by atoms with Gasteiger partial charge in [0.1, 0.15) is 11.6 Å². The number of aromatic nitrogens is 2. The van der Waals surface area contributed by atoms with Crippen molar-refractivity contribution >= 4 is 29.0 Å². The van der Waals surface area contributed by atoms with Crippen LogP contribution in [0.3, 0.4) is 0 Å². The summed E-state index contributed by atoms with van der Waals surface area (Å²) in [4.78, 5) is 20.7. The van der Waals surface area contributed by atoms with Crippen LogP contribution in [-0.2, 0) is 0 Å². The highest BCUT2D eigenvalue weighted by Crippen LogP contribution is 2.28. The van der Waals surface area contributed by atoms with E-state index in [1.54, 1.807) is 30.6 Å². The van der Waals surface area contributed by atoms with Crippen molar-refractivity contribution in [3.63, 3.8) is 0 Å². The number of ether oxygens (including phenoxy) is 1. The van der Waals surface area contributed by atoms with Crippen LogP contribution in [0.1, 0.15) is 10.4 Å². The second-order valence-corrected chi connectivity index (χ2v) is 5.97. The van der Waals surface area contributed by atoms with E-state index in [1.165, 1.54) is 30.5 Å². The minimum absolute atomic E-state index is 0.142. The zero-order valence-corrected chi connectivity index (χ0v) is 15.0. The Labute approximate surface area is 163 Å². The Kier molecular flexibility index (Phi) is 5.67. The van der Waals surface area contributed by atoms with Gasteiger partial charge >= 0.3 is 5.57 Å². The van der Waals surface area contributed by atoms with Gasteiger partial charge in [-0.15, -0.1) is 8.78 Å². The van der Waals surface area contributed by atoms with Crippen molar-refractivity contribution in [2.45, 2.75) is 5.57 Å². The van der Waals surface area contributed by atoms with Gasteiger partial charge in [-0.3, -0.25) is 9.78 Å². The Balaban J connectivity index is 1.79. The summed E-state index contributed by atoms with van der Waals surface area (Å²) in [6, 6.07) is 10.5. The Morgan fingerprint density at radius 1 is 1.18 bits per heavy atom. The van der Waals surface area contributed by atoms with Gasteiger partial charge in [-0.25, -0.2) is 10.8 Å². The molecular weight excluding hydrogens is 392 g/mol. The van der Waals surface area contributed by atoms with E-state index in [0.717, 1.165) is 5.56 Å². The zero-order chi connectivity index (χ0) is 20.1. The molecule has 3 aromatic rings. The van der Waals surface area contributed by atoms with Gasteiger partial charge in [0.15, 0.2) is 0 Å². The number of nitrogens with one attached hydrogen (secondary N) is 2. The predicted octanol–water partition coefficient (Wildman–Crippen LogP) is 3.85. The van der Waals surface area contributed by atoms with Gasteiger partial charge in [0.05, 0.1) is 5.56 Å². The average Bonchev–Trinajstić information content (AvgIpc) is 2.68. The molecule has 0 atom stereocenters. The minimum Gasteiger partial charge on any atom is -0.420 e. The molecule has 2 heterocycles. The van der Waals surface area contributed by atoms with E-state index >= 15 is 0 Å². The molecule has 1 aromatic carbocycles. The second-order valence-electron chi connectivity index (χ2n) is 5.53. The summed E-state index contributed by atoms with van der Waals surface area (Å²) in [6.45, 7) is 0. The molecule has 2 aromatic heterocycles. The van der Waals surface area contributed by atoms with E-state index in [-0.39, 0.29) is 11.3 Å². The number of hydrazine groups is 1. The molecule has 0 radical (unpaired) electrons. The molecule has 28 heavy (non-hydrogen) atoms. The van der Waals surface area contributed by atoms with Crippen LogP contribution < -0.4 is 21.3 Å². The van der Waals surface area contributed by atoms with Crippen molar-refractivity contribution in [3.8, 4) is 16.9 Å². The van der Waals surface area contributed by atoms with Crippen LogP contribution in [0.25, 0.3) is 11.1 Å². The molecule has 3 rings (SSSR count). The predicted molar refractivity (Wildman–Crippen MR) is 101 cm³/mol. The number of hydrogen-bond acceptors (Lipinski definition) is 6. The SMILES string of the molecule is NNc1ncc(C(=O)Nc2ccc(OC(F)(F)Cl)cc2)cc1-c1cccnc1. The van der Waals surface area contributed by atoms with Gasteiger partial charge in [-0.05, 0) is 36.4 Å². The normalized spacial score (nSPS) is 11.0. The Morgan fingerprint density at radius 2 is 1.93 bits per heavy atom. The molecule has 4 N–H and O–H groups in total. The van der Waals surface area contributed by atoms with E-state index in [4.69, 9.17) is 17.4 Å². The quantitative estimate of drug-likeness (QED) is 0.327. The lowest BCUT2D eigenvalue weighted by atomic mass is 10.1. The van der Waals surface area contributed by atoms with Crippen molar-refractivity contribution in [1.29, 1.82) is 0 Å². The molecule has 10 heteroatoms. The number of benzene rings is 1. The molecule has 0 bridgehead atoms. The number of carbonyl (C=O) groups excluding carboxylic acids is 1. The molecule has 0 saturated heterocycles. The molecule has 0 aliphatic heterocycles. The third-order valence-electron chi connectivity index (χ3n) is 3.60. The largest absolute Gasteiger partial charge is 0.487 e. The third-order valence-corrected chi connectivity index (χ3v) is 3.68. The number of hydrogen-bond donors (Lipinski definition) is 3. The summed E-state index contributed by atoms with van der Waals surface area (Å²) < 4.78 is 29.5. The van der Waals surface area contributed by atoms with Gasteiger partial charge in [0.2, 0.25) is 0 Å². The van der Waals surface area contributed by atoms with Crippen LogP contribution in [0.4, 0.5) is 20.3 Å². The molecule has 7 nitrogen and oxygen atoms in total. The lowest BCUT2D eigenvalue weighted by Crippen LogP contribution is -2.16. The summed E-state index contributed by atoms with van der Waals surface area (Å²) in [5.41, 5.74) is 0.631. The average molecular weight is 406 g/mol. The van der Waals surface area contributed by atoms with Crippen LogP contribution in [-0.4, -0.2) is 21.4 Å². The van der Waals surface area contributed by atoms with Crippen molar-refractivity contribution in [2.24, 2.45) is 5.84 Å². The molecule has 0 saturated carbocycles. The van der Waals surface area contributed by atoms with Gasteiger partial charge in [0.25, 0.3) is 5.91 Å². The summed E-state index contributed by atoms with van der Waals surface area (Å²) >= 11 is 4.71. The van der Waals surface area contributed by atoms with Crippen LogP contribution in [0, 0.1) is 0 Å². The van der Waals surface area contributed by atoms with Crippen LogP contribution >= 0.6 is 11.6 Å². The van der Waals surface area contributed by atoms with Gasteiger partial charge in [-0.2, -0.15) is 0 Å². The highest BCUT2D eigenvalue weighted by atomic mass is 35.5. The highest BCUT2D eigenvalue weighted by Gasteiger charge is 2.27. The monoisotopic (exact) mass is 405 g/mol. The van der Waals surface area contributed by atoms with Crippen molar-refractivity contribution in [2.75, 3.05) is 10.7 Å². The van der Waals surface area contributed by atoms with Crippen LogP contribution in [0.15, 0.2) is 61.1 Å². The van der Waals surface area contributed by atoms with Crippen LogP contribution in [0.5, 0.6) is 5.75 Å². The maximum Gasteiger partial charge on any atom is 0.487 e. The standard InChI is InChI=1S/C18H14ClF2N5O2/c19-18(20,21)28-14-5-3-13(4-6-14)25-17(27)12-8-15(16(26-22)24-10-12)11-2-1-7-23-9-11/h1-10H,22H2,(H,24,26)(H,25,27). The van der Waals surface area contributed by atoms with Gasteiger partial charge in [-0.1, -0.05) is 6.07 Å². The maximum atomic E-state index is 12.6. The lowest BCUT2D eigenvalue weighted by Gasteiger charge is -2.12. The fraction of sp³-hybridized carbons (Fsp3) is 0.0556. The van der Waals surface area contributed by atoms with E-state index in [0.29, 0.717) is 17.1 Å². The van der Waals surface area contributed by atoms with Crippen LogP contribution in [0.2, 0.25) is 0 Å². The number of nitrogens with zero attached hydrogens (tertiary/aromatic N) is 2. The van der Waals surface area contributed by atoms with Crippen molar-refractivity contribution in [3.05, 3.63) is 66.6 Å². The highest BCUT2D eigenvalue weighted by molar-refractivity contribution is 6.20. The summed E-state index contributed by atoms with van der Waals surface area (Å²) in [5, 5.41) is 2.64. The Morgan fingerprint density at radius 3 is 2.54 bits per heavy atom. The molecule has 0 aliphatic carbocycles. The second kappa shape index (κ2) is 8.15. The first-order valence-electron chi connectivity index (χ1n) is 7.90. The first-order valence-corrected chi connectivity index (χ1v) is 8.28. The fourth-order valence-electron chi connectivity index (χ4n) is 2.39.